The molecule has 1 atom stereocenters. The standard InChI is InChI=1S/C17H19FN2OS/c18-14-3-5-15(6-4-14)20-10-8-13(17(20)21)12-19-9-7-16-2-1-11-22-16/h1-6,11,13,19H,7-10,12H2. The lowest BCUT2D eigenvalue weighted by Crippen LogP contribution is -2.32. The molecule has 3 rings (SSSR count). The summed E-state index contributed by atoms with van der Waals surface area (Å²) >= 11 is 1.76. The van der Waals surface area contributed by atoms with Crippen molar-refractivity contribution in [2.24, 2.45) is 5.92 Å². The number of amides is 1. The number of anilines is 1. The van der Waals surface area contributed by atoms with Crippen molar-refractivity contribution in [2.45, 2.75) is 12.8 Å². The van der Waals surface area contributed by atoms with Gasteiger partial charge in [0.05, 0.1) is 5.92 Å². The molecule has 1 N–H and O–H groups in total. The number of carbonyl (C=O) groups excluding carboxylic acids is 1. The zero-order valence-electron chi connectivity index (χ0n) is 12.3. The summed E-state index contributed by atoms with van der Waals surface area (Å²) in [6, 6.07) is 10.3. The average Bonchev–Trinajstić information content (AvgIpc) is 3.15. The molecule has 0 saturated carbocycles. The van der Waals surface area contributed by atoms with E-state index in [0.717, 1.165) is 25.1 Å². The molecule has 0 radical (unpaired) electrons. The SMILES string of the molecule is O=C1C(CNCCc2cccs2)CCN1c1ccc(F)cc1. The number of carbonyl (C=O) groups is 1. The predicted molar refractivity (Wildman–Crippen MR) is 87.8 cm³/mol. The Balaban J connectivity index is 1.47. The first-order valence-corrected chi connectivity index (χ1v) is 8.42. The summed E-state index contributed by atoms with van der Waals surface area (Å²) in [5, 5.41) is 5.46. The van der Waals surface area contributed by atoms with Crippen molar-refractivity contribution in [3.8, 4) is 0 Å². The summed E-state index contributed by atoms with van der Waals surface area (Å²) < 4.78 is 13.0. The Bertz CT molecular complexity index is 612. The highest BCUT2D eigenvalue weighted by Crippen LogP contribution is 2.25. The van der Waals surface area contributed by atoms with Crippen LogP contribution in [0.25, 0.3) is 0 Å². The van der Waals surface area contributed by atoms with E-state index in [9.17, 15) is 9.18 Å². The third-order valence-corrected chi connectivity index (χ3v) is 4.91. The van der Waals surface area contributed by atoms with Crippen LogP contribution >= 0.6 is 11.3 Å². The molecule has 0 spiro atoms. The molecule has 1 amide bonds. The van der Waals surface area contributed by atoms with Crippen LogP contribution in [-0.4, -0.2) is 25.5 Å². The van der Waals surface area contributed by atoms with Gasteiger partial charge in [-0.25, -0.2) is 4.39 Å². The molecule has 1 aliphatic heterocycles. The number of nitrogens with one attached hydrogen (secondary N) is 1. The number of nitrogens with zero attached hydrogens (tertiary/aromatic N) is 1. The van der Waals surface area contributed by atoms with Crippen LogP contribution in [0.1, 0.15) is 11.3 Å². The topological polar surface area (TPSA) is 32.3 Å². The Kier molecular flexibility index (Phi) is 4.85. The second kappa shape index (κ2) is 7.03. The van der Waals surface area contributed by atoms with Crippen molar-refractivity contribution in [2.75, 3.05) is 24.5 Å². The van der Waals surface area contributed by atoms with Gasteiger partial charge in [0.2, 0.25) is 5.91 Å². The third kappa shape index (κ3) is 3.54. The van der Waals surface area contributed by atoms with Crippen LogP contribution in [0.3, 0.4) is 0 Å². The summed E-state index contributed by atoms with van der Waals surface area (Å²) in [7, 11) is 0. The van der Waals surface area contributed by atoms with Gasteiger partial charge in [0, 0.05) is 23.7 Å². The molecular weight excluding hydrogens is 299 g/mol. The van der Waals surface area contributed by atoms with E-state index >= 15 is 0 Å². The number of hydrogen-bond acceptors (Lipinski definition) is 3. The van der Waals surface area contributed by atoms with E-state index in [1.54, 1.807) is 28.4 Å². The van der Waals surface area contributed by atoms with Gasteiger partial charge in [-0.05, 0) is 55.1 Å². The minimum atomic E-state index is -0.276. The third-order valence-electron chi connectivity index (χ3n) is 3.97. The van der Waals surface area contributed by atoms with Gasteiger partial charge in [-0.15, -0.1) is 11.3 Å². The Hall–Kier alpha value is -1.72. The summed E-state index contributed by atoms with van der Waals surface area (Å²) in [4.78, 5) is 15.5. The molecule has 1 saturated heterocycles. The first-order chi connectivity index (χ1) is 10.7. The highest BCUT2D eigenvalue weighted by atomic mass is 32.1. The molecule has 5 heteroatoms. The molecule has 0 bridgehead atoms. The normalized spacial score (nSPS) is 18.1. The zero-order chi connectivity index (χ0) is 15.4. The first kappa shape index (κ1) is 15.2. The maximum absolute atomic E-state index is 13.0. The fraction of sp³-hybridized carbons (Fsp3) is 0.353. The molecule has 2 aromatic rings. The Morgan fingerprint density at radius 1 is 1.27 bits per heavy atom. The van der Waals surface area contributed by atoms with Gasteiger partial charge >= 0.3 is 0 Å². The molecule has 1 unspecified atom stereocenters. The molecule has 2 heterocycles. The van der Waals surface area contributed by atoms with Gasteiger partial charge < -0.3 is 10.2 Å². The smallest absolute Gasteiger partial charge is 0.231 e. The number of thiophene rings is 1. The highest BCUT2D eigenvalue weighted by Gasteiger charge is 2.31. The summed E-state index contributed by atoms with van der Waals surface area (Å²) in [6.07, 6.45) is 1.85. The van der Waals surface area contributed by atoms with E-state index in [-0.39, 0.29) is 17.6 Å². The van der Waals surface area contributed by atoms with Crippen molar-refractivity contribution in [3.05, 3.63) is 52.5 Å². The monoisotopic (exact) mass is 318 g/mol. The van der Waals surface area contributed by atoms with Gasteiger partial charge in [-0.1, -0.05) is 6.07 Å². The molecule has 3 nitrogen and oxygen atoms in total. The second-order valence-electron chi connectivity index (χ2n) is 5.49. The fourth-order valence-corrected chi connectivity index (χ4v) is 3.46. The quantitative estimate of drug-likeness (QED) is 0.830. The minimum absolute atomic E-state index is 0.0217. The van der Waals surface area contributed by atoms with E-state index in [1.807, 2.05) is 0 Å². The molecule has 116 valence electrons. The molecule has 1 fully saturated rings. The largest absolute Gasteiger partial charge is 0.316 e. The second-order valence-corrected chi connectivity index (χ2v) is 6.52. The number of benzene rings is 1. The molecule has 22 heavy (non-hydrogen) atoms. The van der Waals surface area contributed by atoms with E-state index < -0.39 is 0 Å². The van der Waals surface area contributed by atoms with Crippen molar-refractivity contribution < 1.29 is 9.18 Å². The lowest BCUT2D eigenvalue weighted by atomic mass is 10.1. The van der Waals surface area contributed by atoms with E-state index in [4.69, 9.17) is 0 Å². The van der Waals surface area contributed by atoms with Crippen LogP contribution < -0.4 is 10.2 Å². The van der Waals surface area contributed by atoms with Gasteiger partial charge in [-0.3, -0.25) is 4.79 Å². The van der Waals surface area contributed by atoms with Gasteiger partial charge in [0.15, 0.2) is 0 Å². The first-order valence-electron chi connectivity index (χ1n) is 7.54. The van der Waals surface area contributed by atoms with Crippen LogP contribution in [0, 0.1) is 11.7 Å². The number of hydrogen-bond donors (Lipinski definition) is 1. The predicted octanol–water partition coefficient (Wildman–Crippen LogP) is 3.07. The van der Waals surface area contributed by atoms with Crippen LogP contribution in [0.5, 0.6) is 0 Å². The summed E-state index contributed by atoms with van der Waals surface area (Å²) in [5.41, 5.74) is 0.785. The highest BCUT2D eigenvalue weighted by molar-refractivity contribution is 7.09. The van der Waals surface area contributed by atoms with Gasteiger partial charge in [0.25, 0.3) is 0 Å². The van der Waals surface area contributed by atoms with Crippen LogP contribution in [0.15, 0.2) is 41.8 Å². The summed E-state index contributed by atoms with van der Waals surface area (Å²) in [5.74, 6) is -0.120. The number of halogens is 1. The van der Waals surface area contributed by atoms with Crippen molar-refractivity contribution in [3.63, 3.8) is 0 Å². The number of rotatable bonds is 6. The lowest BCUT2D eigenvalue weighted by Gasteiger charge is -2.17. The zero-order valence-corrected chi connectivity index (χ0v) is 13.1. The molecular formula is C17H19FN2OS. The van der Waals surface area contributed by atoms with Crippen molar-refractivity contribution in [1.82, 2.24) is 5.32 Å². The summed E-state index contributed by atoms with van der Waals surface area (Å²) in [6.45, 7) is 2.31. The maximum Gasteiger partial charge on any atom is 0.231 e. The average molecular weight is 318 g/mol. The van der Waals surface area contributed by atoms with Crippen molar-refractivity contribution in [1.29, 1.82) is 0 Å². The fourth-order valence-electron chi connectivity index (χ4n) is 2.75. The molecule has 0 aliphatic carbocycles. The van der Waals surface area contributed by atoms with E-state index in [1.165, 1.54) is 17.0 Å². The van der Waals surface area contributed by atoms with Crippen molar-refractivity contribution >= 4 is 22.9 Å². The van der Waals surface area contributed by atoms with Crippen LogP contribution in [0.2, 0.25) is 0 Å². The molecule has 1 aromatic heterocycles. The Morgan fingerprint density at radius 3 is 2.82 bits per heavy atom. The maximum atomic E-state index is 13.0. The van der Waals surface area contributed by atoms with Crippen LogP contribution in [-0.2, 0) is 11.2 Å². The van der Waals surface area contributed by atoms with Gasteiger partial charge in [-0.2, -0.15) is 0 Å². The Labute approximate surface area is 133 Å². The molecule has 1 aliphatic rings. The Morgan fingerprint density at radius 2 is 2.09 bits per heavy atom. The van der Waals surface area contributed by atoms with E-state index in [2.05, 4.69) is 22.8 Å². The molecule has 1 aromatic carbocycles. The van der Waals surface area contributed by atoms with Gasteiger partial charge in [0.1, 0.15) is 5.82 Å². The lowest BCUT2D eigenvalue weighted by molar-refractivity contribution is -0.120. The minimum Gasteiger partial charge on any atom is -0.316 e. The van der Waals surface area contributed by atoms with Crippen LogP contribution in [0.4, 0.5) is 10.1 Å². The van der Waals surface area contributed by atoms with E-state index in [0.29, 0.717) is 13.1 Å².